The minimum Gasteiger partial charge on any atom is -0.490 e. The number of rotatable bonds is 8. The van der Waals surface area contributed by atoms with E-state index in [2.05, 4.69) is 9.97 Å². The lowest BCUT2D eigenvalue weighted by atomic mass is 10.2. The standard InChI is InChI=1S/C25H26F3N3O2/c1-2-31(19-11-8-14-21(15-19)33-20-12-6-7-13-20)23-22(25(26,27)28)16-29-24(30-23)32-17-18-9-4-3-5-10-18/h3-5,8-11,14-16,20H,2,6-7,12-13,17H2,1H3. The molecule has 33 heavy (non-hydrogen) atoms. The maximum atomic E-state index is 13.8. The van der Waals surface area contributed by atoms with Crippen LogP contribution in [0.15, 0.2) is 60.8 Å². The Morgan fingerprint density at radius 2 is 1.79 bits per heavy atom. The number of alkyl halides is 3. The van der Waals surface area contributed by atoms with Crippen molar-refractivity contribution in [2.75, 3.05) is 11.4 Å². The summed E-state index contributed by atoms with van der Waals surface area (Å²) in [6, 6.07) is 16.3. The van der Waals surface area contributed by atoms with Crippen molar-refractivity contribution < 1.29 is 22.6 Å². The Bertz CT molecular complexity index is 1050. The van der Waals surface area contributed by atoms with Gasteiger partial charge in [-0.3, -0.25) is 0 Å². The summed E-state index contributed by atoms with van der Waals surface area (Å²) >= 11 is 0. The Hall–Kier alpha value is -3.29. The molecule has 1 saturated carbocycles. The van der Waals surface area contributed by atoms with Crippen molar-refractivity contribution in [3.63, 3.8) is 0 Å². The second-order valence-electron chi connectivity index (χ2n) is 7.93. The van der Waals surface area contributed by atoms with Crippen molar-refractivity contribution >= 4 is 11.5 Å². The number of hydrogen-bond acceptors (Lipinski definition) is 5. The van der Waals surface area contributed by atoms with Gasteiger partial charge in [-0.25, -0.2) is 4.98 Å². The van der Waals surface area contributed by atoms with E-state index in [9.17, 15) is 13.2 Å². The van der Waals surface area contributed by atoms with Crippen LogP contribution in [0.25, 0.3) is 0 Å². The Labute approximate surface area is 191 Å². The van der Waals surface area contributed by atoms with E-state index < -0.39 is 11.7 Å². The summed E-state index contributed by atoms with van der Waals surface area (Å²) < 4.78 is 53.1. The number of hydrogen-bond donors (Lipinski definition) is 0. The van der Waals surface area contributed by atoms with Crippen LogP contribution in [0.2, 0.25) is 0 Å². The fourth-order valence-electron chi connectivity index (χ4n) is 3.93. The Morgan fingerprint density at radius 3 is 2.48 bits per heavy atom. The number of benzene rings is 2. The SMILES string of the molecule is CCN(c1cccc(OC2CCCC2)c1)c1nc(OCc2ccccc2)ncc1C(F)(F)F. The molecule has 0 amide bonds. The highest BCUT2D eigenvalue weighted by Crippen LogP contribution is 2.39. The monoisotopic (exact) mass is 457 g/mol. The zero-order valence-corrected chi connectivity index (χ0v) is 18.4. The third kappa shape index (κ3) is 5.74. The molecular weight excluding hydrogens is 431 g/mol. The van der Waals surface area contributed by atoms with Crippen molar-refractivity contribution in [2.24, 2.45) is 0 Å². The lowest BCUT2D eigenvalue weighted by Crippen LogP contribution is -2.23. The summed E-state index contributed by atoms with van der Waals surface area (Å²) in [6.45, 7) is 2.20. The maximum absolute atomic E-state index is 13.8. The highest BCUT2D eigenvalue weighted by Gasteiger charge is 2.37. The van der Waals surface area contributed by atoms with Gasteiger partial charge in [-0.05, 0) is 50.3 Å². The molecule has 0 bridgehead atoms. The molecule has 0 N–H and O–H groups in total. The summed E-state index contributed by atoms with van der Waals surface area (Å²) in [5, 5.41) is 0. The van der Waals surface area contributed by atoms with Crippen LogP contribution < -0.4 is 14.4 Å². The summed E-state index contributed by atoms with van der Waals surface area (Å²) in [6.07, 6.45) is 0.573. The molecule has 2 aromatic carbocycles. The third-order valence-corrected chi connectivity index (χ3v) is 5.57. The molecule has 1 aromatic heterocycles. The number of nitrogens with zero attached hydrogens (tertiary/aromatic N) is 3. The van der Waals surface area contributed by atoms with E-state index in [0.29, 0.717) is 11.4 Å². The molecule has 1 aliphatic rings. The second-order valence-corrected chi connectivity index (χ2v) is 7.93. The topological polar surface area (TPSA) is 47.5 Å². The van der Waals surface area contributed by atoms with Crippen LogP contribution in [-0.4, -0.2) is 22.6 Å². The summed E-state index contributed by atoms with van der Waals surface area (Å²) in [5.41, 5.74) is 0.511. The highest BCUT2D eigenvalue weighted by molar-refractivity contribution is 5.65. The average molecular weight is 457 g/mol. The molecule has 4 rings (SSSR count). The number of halogens is 3. The van der Waals surface area contributed by atoms with Gasteiger partial charge in [0.25, 0.3) is 0 Å². The van der Waals surface area contributed by atoms with Gasteiger partial charge in [0.05, 0.1) is 6.10 Å². The van der Waals surface area contributed by atoms with Crippen molar-refractivity contribution in [3.05, 3.63) is 71.9 Å². The van der Waals surface area contributed by atoms with Crippen LogP contribution in [0.5, 0.6) is 11.8 Å². The molecule has 174 valence electrons. The number of anilines is 2. The third-order valence-electron chi connectivity index (χ3n) is 5.57. The van der Waals surface area contributed by atoms with Gasteiger partial charge in [-0.1, -0.05) is 36.4 Å². The molecule has 1 heterocycles. The predicted octanol–water partition coefficient (Wildman–Crippen LogP) is 6.55. The molecule has 0 radical (unpaired) electrons. The number of ether oxygens (including phenoxy) is 2. The van der Waals surface area contributed by atoms with E-state index in [0.717, 1.165) is 37.4 Å². The van der Waals surface area contributed by atoms with E-state index >= 15 is 0 Å². The lowest BCUT2D eigenvalue weighted by Gasteiger charge is -2.26. The Kier molecular flexibility index (Phi) is 7.01. The van der Waals surface area contributed by atoms with Crippen molar-refractivity contribution in [1.29, 1.82) is 0 Å². The molecule has 3 aromatic rings. The smallest absolute Gasteiger partial charge is 0.421 e. The first kappa shape index (κ1) is 22.9. The minimum absolute atomic E-state index is 0.112. The van der Waals surface area contributed by atoms with Crippen LogP contribution in [0.3, 0.4) is 0 Å². The molecule has 0 spiro atoms. The van der Waals surface area contributed by atoms with Gasteiger partial charge in [0, 0.05) is 24.5 Å². The fourth-order valence-corrected chi connectivity index (χ4v) is 3.93. The van der Waals surface area contributed by atoms with Gasteiger partial charge in [-0.15, -0.1) is 0 Å². The van der Waals surface area contributed by atoms with E-state index in [-0.39, 0.29) is 31.1 Å². The first-order valence-corrected chi connectivity index (χ1v) is 11.1. The molecule has 0 saturated heterocycles. The zero-order chi connectivity index (χ0) is 23.3. The summed E-state index contributed by atoms with van der Waals surface area (Å²) in [7, 11) is 0. The van der Waals surface area contributed by atoms with Gasteiger partial charge < -0.3 is 14.4 Å². The van der Waals surface area contributed by atoms with E-state index in [1.807, 2.05) is 36.4 Å². The van der Waals surface area contributed by atoms with E-state index in [1.165, 1.54) is 4.90 Å². The maximum Gasteiger partial charge on any atom is 0.421 e. The minimum atomic E-state index is -4.61. The molecule has 5 nitrogen and oxygen atoms in total. The van der Waals surface area contributed by atoms with Crippen LogP contribution in [0.1, 0.15) is 43.7 Å². The lowest BCUT2D eigenvalue weighted by molar-refractivity contribution is -0.137. The molecule has 8 heteroatoms. The molecule has 0 atom stereocenters. The van der Waals surface area contributed by atoms with Gasteiger partial charge in [0.2, 0.25) is 0 Å². The number of aromatic nitrogens is 2. The quantitative estimate of drug-likeness (QED) is 0.384. The van der Waals surface area contributed by atoms with Crippen LogP contribution >= 0.6 is 0 Å². The molecule has 0 aliphatic heterocycles. The summed E-state index contributed by atoms with van der Waals surface area (Å²) in [4.78, 5) is 9.48. The average Bonchev–Trinajstić information content (AvgIpc) is 3.32. The fraction of sp³-hybridized carbons (Fsp3) is 0.360. The summed E-state index contributed by atoms with van der Waals surface area (Å²) in [5.74, 6) is 0.391. The van der Waals surface area contributed by atoms with Gasteiger partial charge in [0.1, 0.15) is 17.9 Å². The highest BCUT2D eigenvalue weighted by atomic mass is 19.4. The largest absolute Gasteiger partial charge is 0.490 e. The van der Waals surface area contributed by atoms with Gasteiger partial charge in [-0.2, -0.15) is 18.2 Å². The van der Waals surface area contributed by atoms with E-state index in [4.69, 9.17) is 9.47 Å². The molecule has 1 fully saturated rings. The van der Waals surface area contributed by atoms with Crippen LogP contribution in [-0.2, 0) is 12.8 Å². The van der Waals surface area contributed by atoms with Crippen molar-refractivity contribution in [2.45, 2.75) is 51.5 Å². The second kappa shape index (κ2) is 10.1. The Balaban J connectivity index is 1.63. The van der Waals surface area contributed by atoms with Gasteiger partial charge >= 0.3 is 12.2 Å². The van der Waals surface area contributed by atoms with E-state index in [1.54, 1.807) is 25.1 Å². The van der Waals surface area contributed by atoms with Crippen molar-refractivity contribution in [3.8, 4) is 11.8 Å². The van der Waals surface area contributed by atoms with Crippen LogP contribution in [0, 0.1) is 0 Å². The molecule has 0 unspecified atom stereocenters. The first-order chi connectivity index (χ1) is 15.9. The van der Waals surface area contributed by atoms with Crippen molar-refractivity contribution in [1.82, 2.24) is 9.97 Å². The normalized spacial score (nSPS) is 14.3. The molecular formula is C25H26F3N3O2. The zero-order valence-electron chi connectivity index (χ0n) is 18.4. The van der Waals surface area contributed by atoms with Crippen LogP contribution in [0.4, 0.5) is 24.7 Å². The first-order valence-electron chi connectivity index (χ1n) is 11.1. The van der Waals surface area contributed by atoms with Gasteiger partial charge in [0.15, 0.2) is 5.82 Å². The Morgan fingerprint density at radius 1 is 1.03 bits per heavy atom. The molecule has 1 aliphatic carbocycles. The predicted molar refractivity (Wildman–Crippen MR) is 120 cm³/mol.